The molecule has 3 aromatic rings. The number of alkyl halides is 3. The van der Waals surface area contributed by atoms with Crippen molar-refractivity contribution >= 4 is 38.3 Å². The predicted octanol–water partition coefficient (Wildman–Crippen LogP) is 4.03. The third kappa shape index (κ3) is 8.02. The van der Waals surface area contributed by atoms with Gasteiger partial charge in [-0.3, -0.25) is 9.69 Å². The molecule has 0 atom stereocenters. The summed E-state index contributed by atoms with van der Waals surface area (Å²) in [7, 11) is -1.30. The van der Waals surface area contributed by atoms with Crippen molar-refractivity contribution < 1.29 is 26.4 Å². The van der Waals surface area contributed by atoms with E-state index in [4.69, 9.17) is 0 Å². The summed E-state index contributed by atoms with van der Waals surface area (Å²) >= 11 is 0. The molecule has 2 N–H and O–H groups in total. The van der Waals surface area contributed by atoms with Gasteiger partial charge in [-0.15, -0.1) is 0 Å². The Morgan fingerprint density at radius 2 is 1.76 bits per heavy atom. The predicted molar refractivity (Wildman–Crippen MR) is 170 cm³/mol. The van der Waals surface area contributed by atoms with Gasteiger partial charge in [-0.2, -0.15) is 18.4 Å². The van der Waals surface area contributed by atoms with E-state index in [0.717, 1.165) is 68.6 Å². The summed E-state index contributed by atoms with van der Waals surface area (Å²) in [6.45, 7) is 7.32. The molecule has 0 spiro atoms. The molecule has 2 fully saturated rings. The number of nitrogens with one attached hydrogen (secondary N) is 2. The molecular formula is C31H41F3N8O3S. The van der Waals surface area contributed by atoms with E-state index in [1.807, 2.05) is 6.07 Å². The van der Waals surface area contributed by atoms with Gasteiger partial charge in [0.05, 0.1) is 11.6 Å². The SMILES string of the molecule is Cc1c(CN2CCC(Nc3c(NC(=O)CC(F)(F)F)ncn3C)CC2)ccc2c1cc(C#N)n2CCN1CCC(S(C)(=O)=O)CC1. The van der Waals surface area contributed by atoms with Crippen LogP contribution in [0.1, 0.15) is 48.9 Å². The van der Waals surface area contributed by atoms with Gasteiger partial charge in [-0.05, 0) is 69.0 Å². The summed E-state index contributed by atoms with van der Waals surface area (Å²) in [4.78, 5) is 20.5. The van der Waals surface area contributed by atoms with Gasteiger partial charge in [0.15, 0.2) is 11.6 Å². The molecule has 46 heavy (non-hydrogen) atoms. The van der Waals surface area contributed by atoms with Crippen molar-refractivity contribution in [2.45, 2.75) is 69.6 Å². The molecule has 11 nitrogen and oxygen atoms in total. The summed E-state index contributed by atoms with van der Waals surface area (Å²) in [6, 6.07) is 8.58. The van der Waals surface area contributed by atoms with Crippen LogP contribution >= 0.6 is 0 Å². The highest BCUT2D eigenvalue weighted by Gasteiger charge is 2.32. The summed E-state index contributed by atoms with van der Waals surface area (Å²) in [5.74, 6) is -0.588. The van der Waals surface area contributed by atoms with Crippen LogP contribution in [0.25, 0.3) is 10.9 Å². The van der Waals surface area contributed by atoms with Crippen LogP contribution in [-0.4, -0.2) is 94.7 Å². The van der Waals surface area contributed by atoms with Gasteiger partial charge >= 0.3 is 6.18 Å². The Labute approximate surface area is 267 Å². The first-order chi connectivity index (χ1) is 21.7. The molecular weight excluding hydrogens is 621 g/mol. The number of carbonyl (C=O) groups is 1. The zero-order chi connectivity index (χ0) is 33.2. The molecule has 2 aromatic heterocycles. The van der Waals surface area contributed by atoms with Gasteiger partial charge in [0.2, 0.25) is 5.91 Å². The van der Waals surface area contributed by atoms with E-state index < -0.39 is 28.3 Å². The molecule has 1 aromatic carbocycles. The number of sulfone groups is 1. The summed E-state index contributed by atoms with van der Waals surface area (Å²) in [5.41, 5.74) is 3.94. The molecule has 2 aliphatic rings. The number of amides is 1. The number of likely N-dealkylation sites (tertiary alicyclic amines) is 2. The molecule has 2 aliphatic heterocycles. The number of rotatable bonds is 10. The van der Waals surface area contributed by atoms with Crippen LogP contribution in [0.15, 0.2) is 24.5 Å². The Hall–Kier alpha value is -3.61. The molecule has 0 saturated carbocycles. The number of nitriles is 1. The molecule has 0 radical (unpaired) electrons. The van der Waals surface area contributed by atoms with Gasteiger partial charge in [0, 0.05) is 63.0 Å². The number of aryl methyl sites for hydroxylation is 2. The van der Waals surface area contributed by atoms with E-state index in [1.54, 1.807) is 11.6 Å². The smallest absolute Gasteiger partial charge is 0.366 e. The van der Waals surface area contributed by atoms with E-state index in [2.05, 4.69) is 55.1 Å². The highest BCUT2D eigenvalue weighted by atomic mass is 32.2. The Balaban J connectivity index is 1.17. The number of hydrogen-bond donors (Lipinski definition) is 2. The first-order valence-corrected chi connectivity index (χ1v) is 17.5. The number of fused-ring (bicyclic) bond motifs is 1. The first-order valence-electron chi connectivity index (χ1n) is 15.5. The molecule has 5 rings (SSSR count). The van der Waals surface area contributed by atoms with Gasteiger partial charge in [-0.1, -0.05) is 6.07 Å². The lowest BCUT2D eigenvalue weighted by Crippen LogP contribution is -2.40. The van der Waals surface area contributed by atoms with Crippen LogP contribution in [0, 0.1) is 18.3 Å². The highest BCUT2D eigenvalue weighted by molar-refractivity contribution is 7.91. The summed E-state index contributed by atoms with van der Waals surface area (Å²) < 4.78 is 65.4. The minimum Gasteiger partial charge on any atom is -0.366 e. The quantitative estimate of drug-likeness (QED) is 0.333. The lowest BCUT2D eigenvalue weighted by Gasteiger charge is -2.33. The van der Waals surface area contributed by atoms with E-state index in [9.17, 15) is 31.6 Å². The third-order valence-electron chi connectivity index (χ3n) is 9.24. The second kappa shape index (κ2) is 13.6. The molecule has 1 amide bonds. The van der Waals surface area contributed by atoms with Gasteiger partial charge in [0.25, 0.3) is 0 Å². The number of imidazole rings is 1. The van der Waals surface area contributed by atoms with Crippen molar-refractivity contribution in [2.24, 2.45) is 7.05 Å². The Morgan fingerprint density at radius 3 is 2.39 bits per heavy atom. The van der Waals surface area contributed by atoms with Crippen LogP contribution in [0.2, 0.25) is 0 Å². The standard InChI is InChI=1S/C31H41F3N8O3S/c1-21-22(4-5-27-26(21)16-24(18-35)42(27)15-14-40-12-8-25(9-13-40)46(3,44)45)19-41-10-6-23(7-11-41)37-30-29(36-20-39(30)2)38-28(43)17-31(32,33)34/h4-5,16,20,23,25,37H,6-15,17,19H2,1-3H3,(H,38,43). The summed E-state index contributed by atoms with van der Waals surface area (Å²) in [6.07, 6.45) is -0.506. The molecule has 2 saturated heterocycles. The van der Waals surface area contributed by atoms with Crippen LogP contribution in [0.3, 0.4) is 0 Å². The maximum Gasteiger partial charge on any atom is 0.397 e. The van der Waals surface area contributed by atoms with Crippen molar-refractivity contribution in [2.75, 3.05) is 49.6 Å². The fourth-order valence-electron chi connectivity index (χ4n) is 6.55. The number of piperidine rings is 2. The van der Waals surface area contributed by atoms with Crippen LogP contribution in [0.4, 0.5) is 24.8 Å². The number of anilines is 2. The molecule has 250 valence electrons. The number of hydrogen-bond acceptors (Lipinski definition) is 8. The lowest BCUT2D eigenvalue weighted by molar-refractivity contribution is -0.150. The fraction of sp³-hybridized carbons (Fsp3) is 0.581. The Bertz CT molecular complexity index is 1710. The van der Waals surface area contributed by atoms with Gasteiger partial charge in [-0.25, -0.2) is 13.4 Å². The maximum atomic E-state index is 12.6. The number of benzene rings is 1. The number of nitrogens with zero attached hydrogens (tertiary/aromatic N) is 6. The van der Waals surface area contributed by atoms with Crippen LogP contribution < -0.4 is 10.6 Å². The van der Waals surface area contributed by atoms with Crippen molar-refractivity contribution in [3.05, 3.63) is 41.3 Å². The zero-order valence-corrected chi connectivity index (χ0v) is 27.2. The monoisotopic (exact) mass is 662 g/mol. The topological polar surface area (TPSA) is 128 Å². The fourth-order valence-corrected chi connectivity index (χ4v) is 7.62. The number of carbonyl (C=O) groups excluding carboxylic acids is 1. The molecule has 0 unspecified atom stereocenters. The minimum absolute atomic E-state index is 0.0675. The van der Waals surface area contributed by atoms with Crippen molar-refractivity contribution in [1.29, 1.82) is 5.26 Å². The van der Waals surface area contributed by atoms with Crippen molar-refractivity contribution in [3.63, 3.8) is 0 Å². The van der Waals surface area contributed by atoms with Crippen molar-refractivity contribution in [3.8, 4) is 6.07 Å². The van der Waals surface area contributed by atoms with Crippen LogP contribution in [-0.2, 0) is 34.8 Å². The highest BCUT2D eigenvalue weighted by Crippen LogP contribution is 2.29. The summed E-state index contributed by atoms with van der Waals surface area (Å²) in [5, 5.41) is 16.3. The Kier molecular flexibility index (Phi) is 10.00. The van der Waals surface area contributed by atoms with Crippen LogP contribution in [0.5, 0.6) is 0 Å². The van der Waals surface area contributed by atoms with Gasteiger partial charge < -0.3 is 24.7 Å². The van der Waals surface area contributed by atoms with E-state index in [0.29, 0.717) is 30.9 Å². The van der Waals surface area contributed by atoms with E-state index in [1.165, 1.54) is 18.1 Å². The van der Waals surface area contributed by atoms with E-state index in [-0.39, 0.29) is 17.1 Å². The first kappa shape index (κ1) is 33.7. The average molecular weight is 663 g/mol. The second-order valence-electron chi connectivity index (χ2n) is 12.5. The molecule has 15 heteroatoms. The molecule has 4 heterocycles. The normalized spacial score (nSPS) is 17.8. The third-order valence-corrected chi connectivity index (χ3v) is 10.9. The number of aromatic nitrogens is 3. The maximum absolute atomic E-state index is 12.6. The number of halogens is 3. The zero-order valence-electron chi connectivity index (χ0n) is 26.4. The largest absolute Gasteiger partial charge is 0.397 e. The van der Waals surface area contributed by atoms with Crippen molar-refractivity contribution in [1.82, 2.24) is 23.9 Å². The lowest BCUT2D eigenvalue weighted by atomic mass is 10.0. The molecule has 0 bridgehead atoms. The molecule has 0 aliphatic carbocycles. The Morgan fingerprint density at radius 1 is 1.09 bits per heavy atom. The van der Waals surface area contributed by atoms with E-state index >= 15 is 0 Å². The van der Waals surface area contributed by atoms with Gasteiger partial charge in [0.1, 0.15) is 28.0 Å². The second-order valence-corrected chi connectivity index (χ2v) is 14.9. The minimum atomic E-state index is -4.59. The average Bonchev–Trinajstić information content (AvgIpc) is 3.52.